The van der Waals surface area contributed by atoms with E-state index in [-0.39, 0.29) is 12.5 Å². The number of benzene rings is 1. The molecule has 174 valence electrons. The van der Waals surface area contributed by atoms with Crippen LogP contribution in [0.4, 0.5) is 5.82 Å². The summed E-state index contributed by atoms with van der Waals surface area (Å²) in [7, 11) is 1.65. The van der Waals surface area contributed by atoms with E-state index in [1.807, 2.05) is 22.6 Å². The van der Waals surface area contributed by atoms with Crippen molar-refractivity contribution in [2.75, 3.05) is 38.2 Å². The minimum absolute atomic E-state index is 0.110. The summed E-state index contributed by atoms with van der Waals surface area (Å²) in [6.45, 7) is 11.5. The van der Waals surface area contributed by atoms with Gasteiger partial charge in [0.2, 0.25) is 5.91 Å². The topological polar surface area (TPSA) is 63.5 Å². The Hall–Kier alpha value is -3.35. The van der Waals surface area contributed by atoms with Crippen LogP contribution >= 0.6 is 0 Å². The summed E-state index contributed by atoms with van der Waals surface area (Å²) >= 11 is 0. The van der Waals surface area contributed by atoms with E-state index in [9.17, 15) is 4.79 Å². The van der Waals surface area contributed by atoms with Crippen LogP contribution in [0.1, 0.15) is 29.3 Å². The molecular formula is C26H33N5O2. The molecule has 7 nitrogen and oxygen atoms in total. The Morgan fingerprint density at radius 2 is 1.76 bits per heavy atom. The predicted molar refractivity (Wildman–Crippen MR) is 131 cm³/mol. The summed E-state index contributed by atoms with van der Waals surface area (Å²) in [4.78, 5) is 21.8. The summed E-state index contributed by atoms with van der Waals surface area (Å²) in [5, 5.41) is 4.78. The molecule has 7 heteroatoms. The van der Waals surface area contributed by atoms with Crippen LogP contribution in [0.5, 0.6) is 5.75 Å². The Balaban J connectivity index is 1.42. The minimum Gasteiger partial charge on any atom is -0.495 e. The lowest BCUT2D eigenvalue weighted by molar-refractivity contribution is -0.132. The molecule has 4 rings (SSSR count). The van der Waals surface area contributed by atoms with Crippen LogP contribution in [0.15, 0.2) is 36.5 Å². The van der Waals surface area contributed by atoms with Crippen LogP contribution in [0, 0.1) is 20.8 Å². The van der Waals surface area contributed by atoms with Gasteiger partial charge < -0.3 is 14.5 Å². The third-order valence-corrected chi connectivity index (χ3v) is 6.51. The Bertz CT molecular complexity index is 1150. The first-order chi connectivity index (χ1) is 15.9. The van der Waals surface area contributed by atoms with Crippen LogP contribution in [0.25, 0.3) is 11.3 Å². The first-order valence-corrected chi connectivity index (χ1v) is 11.6. The standard InChI is InChI=1S/C26H33N5O2/c1-6-22-15-24(21-8-7-18(2)19(3)13-21)28-31(22)17-25(32)29-9-11-30(12-10-29)26-20(4)14-23(33-5)16-27-26/h7-8,13-16H,6,9-12,17H2,1-5H3. The van der Waals surface area contributed by atoms with Gasteiger partial charge in [-0.2, -0.15) is 5.10 Å². The zero-order chi connectivity index (χ0) is 23.5. The third kappa shape index (κ3) is 4.87. The van der Waals surface area contributed by atoms with Gasteiger partial charge in [-0.25, -0.2) is 4.98 Å². The molecule has 1 saturated heterocycles. The largest absolute Gasteiger partial charge is 0.495 e. The lowest BCUT2D eigenvalue weighted by Crippen LogP contribution is -2.50. The molecule has 0 saturated carbocycles. The maximum absolute atomic E-state index is 13.1. The number of carbonyl (C=O) groups excluding carboxylic acids is 1. The van der Waals surface area contributed by atoms with Crippen molar-refractivity contribution in [3.63, 3.8) is 0 Å². The molecule has 0 N–H and O–H groups in total. The number of hydrogen-bond acceptors (Lipinski definition) is 5. The Kier molecular flexibility index (Phi) is 6.67. The number of ether oxygens (including phenoxy) is 1. The van der Waals surface area contributed by atoms with Gasteiger partial charge in [0.1, 0.15) is 18.1 Å². The Morgan fingerprint density at radius 1 is 1.00 bits per heavy atom. The van der Waals surface area contributed by atoms with Gasteiger partial charge in [0, 0.05) is 37.4 Å². The lowest BCUT2D eigenvalue weighted by atomic mass is 10.0. The van der Waals surface area contributed by atoms with Crippen molar-refractivity contribution >= 4 is 11.7 Å². The molecule has 0 bridgehead atoms. The summed E-state index contributed by atoms with van der Waals surface area (Å²) < 4.78 is 7.13. The fourth-order valence-electron chi connectivity index (χ4n) is 4.30. The summed E-state index contributed by atoms with van der Waals surface area (Å²) in [6.07, 6.45) is 2.58. The first-order valence-electron chi connectivity index (χ1n) is 11.6. The minimum atomic E-state index is 0.110. The molecule has 1 fully saturated rings. The van der Waals surface area contributed by atoms with E-state index in [1.165, 1.54) is 11.1 Å². The summed E-state index contributed by atoms with van der Waals surface area (Å²) in [5.74, 6) is 1.83. The monoisotopic (exact) mass is 447 g/mol. The number of methoxy groups -OCH3 is 1. The van der Waals surface area contributed by atoms with E-state index < -0.39 is 0 Å². The molecule has 2 aromatic heterocycles. The van der Waals surface area contributed by atoms with E-state index in [1.54, 1.807) is 13.3 Å². The van der Waals surface area contributed by atoms with Crippen LogP contribution in [-0.2, 0) is 17.8 Å². The second-order valence-electron chi connectivity index (χ2n) is 8.71. The van der Waals surface area contributed by atoms with Crippen molar-refractivity contribution in [3.05, 3.63) is 58.9 Å². The zero-order valence-corrected chi connectivity index (χ0v) is 20.3. The van der Waals surface area contributed by atoms with Crippen molar-refractivity contribution in [1.82, 2.24) is 19.7 Å². The Labute approximate surface area is 196 Å². The number of piperazine rings is 1. The highest BCUT2D eigenvalue weighted by Gasteiger charge is 2.24. The maximum Gasteiger partial charge on any atom is 0.244 e. The van der Waals surface area contributed by atoms with Gasteiger partial charge in [0.15, 0.2) is 0 Å². The zero-order valence-electron chi connectivity index (χ0n) is 20.3. The van der Waals surface area contributed by atoms with Crippen molar-refractivity contribution in [2.24, 2.45) is 0 Å². The molecule has 3 heterocycles. The molecule has 0 aliphatic carbocycles. The molecule has 1 aliphatic heterocycles. The molecule has 3 aromatic rings. The van der Waals surface area contributed by atoms with Crippen LogP contribution < -0.4 is 9.64 Å². The first kappa shape index (κ1) is 22.8. The quantitative estimate of drug-likeness (QED) is 0.575. The SMILES string of the molecule is CCc1cc(-c2ccc(C)c(C)c2)nn1CC(=O)N1CCN(c2ncc(OC)cc2C)CC1. The van der Waals surface area contributed by atoms with Crippen molar-refractivity contribution in [1.29, 1.82) is 0 Å². The van der Waals surface area contributed by atoms with Gasteiger partial charge in [-0.1, -0.05) is 19.1 Å². The molecule has 1 aromatic carbocycles. The summed E-state index contributed by atoms with van der Waals surface area (Å²) in [5.41, 5.74) is 6.69. The summed E-state index contributed by atoms with van der Waals surface area (Å²) in [6, 6.07) is 10.5. The normalized spacial score (nSPS) is 14.0. The molecule has 1 aliphatic rings. The van der Waals surface area contributed by atoms with Crippen LogP contribution in [0.3, 0.4) is 0 Å². The van der Waals surface area contributed by atoms with E-state index >= 15 is 0 Å². The number of rotatable bonds is 6. The van der Waals surface area contributed by atoms with E-state index in [4.69, 9.17) is 9.84 Å². The molecule has 0 unspecified atom stereocenters. The number of carbonyl (C=O) groups is 1. The number of amides is 1. The lowest BCUT2D eigenvalue weighted by Gasteiger charge is -2.36. The number of nitrogens with zero attached hydrogens (tertiary/aromatic N) is 5. The van der Waals surface area contributed by atoms with Gasteiger partial charge in [-0.3, -0.25) is 9.48 Å². The molecular weight excluding hydrogens is 414 g/mol. The van der Waals surface area contributed by atoms with Gasteiger partial charge in [0.25, 0.3) is 0 Å². The fraction of sp³-hybridized carbons (Fsp3) is 0.423. The van der Waals surface area contributed by atoms with E-state index in [0.717, 1.165) is 53.6 Å². The number of hydrogen-bond donors (Lipinski definition) is 0. The van der Waals surface area contributed by atoms with Gasteiger partial charge in [0.05, 0.1) is 19.0 Å². The highest BCUT2D eigenvalue weighted by Crippen LogP contribution is 2.24. The molecule has 1 amide bonds. The highest BCUT2D eigenvalue weighted by molar-refractivity contribution is 5.76. The van der Waals surface area contributed by atoms with Gasteiger partial charge in [-0.05, 0) is 62.1 Å². The molecule has 0 atom stereocenters. The molecule has 0 radical (unpaired) electrons. The van der Waals surface area contributed by atoms with Gasteiger partial charge >= 0.3 is 0 Å². The van der Waals surface area contributed by atoms with Gasteiger partial charge in [-0.15, -0.1) is 0 Å². The second-order valence-corrected chi connectivity index (χ2v) is 8.71. The van der Waals surface area contributed by atoms with Crippen LogP contribution in [0.2, 0.25) is 0 Å². The van der Waals surface area contributed by atoms with Crippen molar-refractivity contribution in [2.45, 2.75) is 40.7 Å². The van der Waals surface area contributed by atoms with Crippen molar-refractivity contribution < 1.29 is 9.53 Å². The van der Waals surface area contributed by atoms with Crippen LogP contribution in [-0.4, -0.2) is 58.9 Å². The molecule has 0 spiro atoms. The predicted octanol–water partition coefficient (Wildman–Crippen LogP) is 3.79. The van der Waals surface area contributed by atoms with E-state index in [0.29, 0.717) is 13.1 Å². The average Bonchev–Trinajstić information content (AvgIpc) is 3.23. The fourth-order valence-corrected chi connectivity index (χ4v) is 4.30. The van der Waals surface area contributed by atoms with Crippen molar-refractivity contribution in [3.8, 4) is 17.0 Å². The number of anilines is 1. The number of aromatic nitrogens is 3. The third-order valence-electron chi connectivity index (χ3n) is 6.51. The smallest absolute Gasteiger partial charge is 0.244 e. The second kappa shape index (κ2) is 9.65. The Morgan fingerprint density at radius 3 is 2.39 bits per heavy atom. The highest BCUT2D eigenvalue weighted by atomic mass is 16.5. The molecule has 33 heavy (non-hydrogen) atoms. The van der Waals surface area contributed by atoms with E-state index in [2.05, 4.69) is 54.9 Å². The number of aryl methyl sites for hydroxylation is 4. The maximum atomic E-state index is 13.1. The number of pyridine rings is 1. The average molecular weight is 448 g/mol.